The molecule has 3 N–H and O–H groups in total. The number of hydrogen-bond acceptors (Lipinski definition) is 5. The van der Waals surface area contributed by atoms with Crippen LogP contribution < -0.4 is 20.6 Å². The van der Waals surface area contributed by atoms with Crippen LogP contribution in [0.4, 0.5) is 35.2 Å². The molecule has 0 spiro atoms. The lowest BCUT2D eigenvalue weighted by molar-refractivity contribution is -0.766. The van der Waals surface area contributed by atoms with Gasteiger partial charge in [0, 0.05) is 17.9 Å². The molecule has 0 aliphatic carbocycles. The van der Waals surface area contributed by atoms with Gasteiger partial charge < -0.3 is 10.6 Å². The van der Waals surface area contributed by atoms with Crippen LogP contribution in [0.2, 0.25) is 0 Å². The van der Waals surface area contributed by atoms with Crippen LogP contribution in [-0.4, -0.2) is 35.7 Å². The number of hydrogen-bond donors (Lipinski definition) is 3. The average molecular weight is 566 g/mol. The van der Waals surface area contributed by atoms with E-state index in [1.807, 2.05) is 19.2 Å². The number of urea groups is 1. The normalized spacial score (nSPS) is 15.2. The number of likely N-dealkylation sites (N-methyl/N-ethyl adjacent to an activating group) is 1. The summed E-state index contributed by atoms with van der Waals surface area (Å²) in [6.45, 7) is 1.36. The highest BCUT2D eigenvalue weighted by atomic mass is 19.4. The van der Waals surface area contributed by atoms with Crippen LogP contribution in [-0.2, 0) is 30.4 Å². The van der Waals surface area contributed by atoms with Gasteiger partial charge in [0.05, 0.1) is 18.0 Å². The summed E-state index contributed by atoms with van der Waals surface area (Å²) in [6.07, 6.45) is -2.26. The summed E-state index contributed by atoms with van der Waals surface area (Å²) in [5.41, 5.74) is 1.87. The molecule has 3 amide bonds. The Balaban J connectivity index is 1.25. The topological polar surface area (TPSA) is 103 Å². The van der Waals surface area contributed by atoms with Crippen LogP contribution in [0.1, 0.15) is 28.3 Å². The van der Waals surface area contributed by atoms with Crippen molar-refractivity contribution >= 4 is 29.2 Å². The van der Waals surface area contributed by atoms with E-state index in [0.717, 1.165) is 25.1 Å². The molecule has 0 bridgehead atoms. The number of anilines is 3. The number of aromatic nitrogens is 2. The molecule has 0 fully saturated rings. The second kappa shape index (κ2) is 11.8. The van der Waals surface area contributed by atoms with Crippen LogP contribution in [0.3, 0.4) is 0 Å². The Kier molecular flexibility index (Phi) is 8.02. The third-order valence-electron chi connectivity index (χ3n) is 6.80. The van der Waals surface area contributed by atoms with E-state index in [1.165, 1.54) is 23.4 Å². The summed E-state index contributed by atoms with van der Waals surface area (Å²) in [5.74, 6) is -0.485. The number of fused-ring (bicyclic) bond motifs is 1. The summed E-state index contributed by atoms with van der Waals surface area (Å²) >= 11 is 0. The van der Waals surface area contributed by atoms with Crippen molar-refractivity contribution in [3.8, 4) is 0 Å². The second-order valence-electron chi connectivity index (χ2n) is 9.82. The number of alkyl halides is 3. The molecule has 0 radical (unpaired) electrons. The van der Waals surface area contributed by atoms with Crippen molar-refractivity contribution in [2.75, 3.05) is 29.5 Å². The molecular weight excluding hydrogens is 537 g/mol. The minimum Gasteiger partial charge on any atom is -0.326 e. The van der Waals surface area contributed by atoms with Gasteiger partial charge in [0.25, 0.3) is 6.20 Å². The smallest absolute Gasteiger partial charge is 0.326 e. The molecule has 3 aromatic carbocycles. The molecule has 4 aromatic rings. The van der Waals surface area contributed by atoms with E-state index in [9.17, 15) is 22.8 Å². The molecule has 2 heterocycles. The Morgan fingerprint density at radius 2 is 1.71 bits per heavy atom. The predicted octanol–water partition coefficient (Wildman–Crippen LogP) is 5.04. The molecular formula is C29H28F3N6O3+. The van der Waals surface area contributed by atoms with Crippen LogP contribution in [0.15, 0.2) is 83.5 Å². The molecule has 41 heavy (non-hydrogen) atoms. The number of nitrogens with one attached hydrogen (secondary N) is 3. The predicted molar refractivity (Wildman–Crippen MR) is 145 cm³/mol. The van der Waals surface area contributed by atoms with Crippen LogP contribution in [0, 0.1) is 0 Å². The van der Waals surface area contributed by atoms with E-state index in [0.29, 0.717) is 12.1 Å². The maximum absolute atomic E-state index is 13.6. The van der Waals surface area contributed by atoms with Crippen LogP contribution in [0.25, 0.3) is 0 Å². The fraction of sp³-hybridized carbons (Fsp3) is 0.241. The molecule has 212 valence electrons. The number of carbonyl (C=O) groups is 2. The zero-order chi connectivity index (χ0) is 29.0. The highest BCUT2D eigenvalue weighted by molar-refractivity contribution is 6.00. The first-order valence-corrected chi connectivity index (χ1v) is 12.9. The van der Waals surface area contributed by atoms with Crippen LogP contribution >= 0.6 is 0 Å². The molecule has 0 unspecified atom stereocenters. The molecule has 0 saturated heterocycles. The summed E-state index contributed by atoms with van der Waals surface area (Å²) in [6, 6.07) is 19.0. The van der Waals surface area contributed by atoms with Gasteiger partial charge in [-0.3, -0.25) is 19.5 Å². The first kappa shape index (κ1) is 27.8. The van der Waals surface area contributed by atoms with E-state index >= 15 is 0 Å². The summed E-state index contributed by atoms with van der Waals surface area (Å²) < 4.78 is 47.5. The van der Waals surface area contributed by atoms with Gasteiger partial charge in [-0.05, 0) is 53.0 Å². The number of rotatable bonds is 7. The largest absolute Gasteiger partial charge is 0.416 e. The van der Waals surface area contributed by atoms with Gasteiger partial charge in [0.1, 0.15) is 0 Å². The maximum Gasteiger partial charge on any atom is 0.416 e. The summed E-state index contributed by atoms with van der Waals surface area (Å²) in [4.78, 5) is 27.3. The van der Waals surface area contributed by atoms with Gasteiger partial charge >= 0.3 is 18.1 Å². The Labute approximate surface area is 233 Å². The van der Waals surface area contributed by atoms with E-state index in [1.54, 1.807) is 35.0 Å². The molecule has 1 atom stereocenters. The third-order valence-corrected chi connectivity index (χ3v) is 6.80. The maximum atomic E-state index is 13.6. The van der Waals surface area contributed by atoms with E-state index in [4.69, 9.17) is 4.52 Å². The van der Waals surface area contributed by atoms with Crippen molar-refractivity contribution in [1.82, 2.24) is 10.2 Å². The van der Waals surface area contributed by atoms with Crippen molar-refractivity contribution in [2.24, 2.45) is 0 Å². The van der Waals surface area contributed by atoms with Gasteiger partial charge in [-0.1, -0.05) is 54.6 Å². The molecule has 12 heteroatoms. The van der Waals surface area contributed by atoms with Crippen LogP contribution in [0.5, 0.6) is 0 Å². The lowest BCUT2D eigenvalue weighted by atomic mass is 9.93. The standard InChI is InChI=1S/C29H27F3N6O3/c1-37-12-11-20-9-5-6-10-24(20)25(37)17-38-18-27(41-36-38)35-28(40)34-23-15-21(29(30,31)32)14-22(16-23)33-26(39)13-19-7-3-2-4-8-19/h2-10,14-16,18,25H,11-13,17H2,1H3,(H2-,33,34,35,36,39,40)/p+1/t25-/m0/s1. The first-order chi connectivity index (χ1) is 19.6. The van der Waals surface area contributed by atoms with Crippen molar-refractivity contribution in [3.05, 3.63) is 101 Å². The minimum absolute atomic E-state index is 0.0117. The Hall–Kier alpha value is -4.71. The Morgan fingerprint density at radius 1 is 1.00 bits per heavy atom. The summed E-state index contributed by atoms with van der Waals surface area (Å²) in [7, 11) is 2.03. The highest BCUT2D eigenvalue weighted by Crippen LogP contribution is 2.34. The van der Waals surface area contributed by atoms with E-state index in [2.05, 4.69) is 38.3 Å². The first-order valence-electron chi connectivity index (χ1n) is 12.9. The number of carbonyl (C=O) groups excluding carboxylic acids is 2. The number of benzene rings is 3. The van der Waals surface area contributed by atoms with E-state index in [-0.39, 0.29) is 29.7 Å². The van der Waals surface area contributed by atoms with Crippen molar-refractivity contribution in [1.29, 1.82) is 0 Å². The summed E-state index contributed by atoms with van der Waals surface area (Å²) in [5, 5.41) is 11.3. The molecule has 1 aliphatic heterocycles. The lowest BCUT2D eigenvalue weighted by Crippen LogP contribution is -2.45. The lowest BCUT2D eigenvalue weighted by Gasteiger charge is -2.31. The van der Waals surface area contributed by atoms with E-state index < -0.39 is 23.7 Å². The van der Waals surface area contributed by atoms with Gasteiger partial charge in [-0.25, -0.2) is 4.79 Å². The SMILES string of the molecule is CN1CCc2ccccc2[C@@H]1C[n+]1cc(NC(=O)Nc2cc(NC(=O)Cc3ccccc3)cc(C(F)(F)F)c2)on1. The molecule has 9 nitrogen and oxygen atoms in total. The number of nitrogens with zero attached hydrogens (tertiary/aromatic N) is 3. The second-order valence-corrected chi connectivity index (χ2v) is 9.82. The van der Waals surface area contributed by atoms with Crippen molar-refractivity contribution < 1.29 is 32.0 Å². The minimum atomic E-state index is -4.70. The Morgan fingerprint density at radius 3 is 2.46 bits per heavy atom. The average Bonchev–Trinajstić information content (AvgIpc) is 3.36. The number of amides is 3. The van der Waals surface area contributed by atoms with Gasteiger partial charge in [0.15, 0.2) is 6.54 Å². The zero-order valence-corrected chi connectivity index (χ0v) is 22.1. The molecule has 5 rings (SSSR count). The van der Waals surface area contributed by atoms with Gasteiger partial charge in [-0.2, -0.15) is 13.2 Å². The quantitative estimate of drug-likeness (QED) is 0.273. The van der Waals surface area contributed by atoms with Crippen molar-refractivity contribution in [3.63, 3.8) is 0 Å². The zero-order valence-electron chi connectivity index (χ0n) is 22.1. The van der Waals surface area contributed by atoms with Gasteiger partial charge in [0.2, 0.25) is 11.2 Å². The fourth-order valence-electron chi connectivity index (χ4n) is 4.81. The molecule has 1 aliphatic rings. The number of halogens is 3. The fourth-order valence-corrected chi connectivity index (χ4v) is 4.81. The third kappa shape index (κ3) is 7.09. The molecule has 1 aromatic heterocycles. The van der Waals surface area contributed by atoms with Crippen molar-refractivity contribution in [2.45, 2.75) is 31.6 Å². The highest BCUT2D eigenvalue weighted by Gasteiger charge is 2.32. The monoisotopic (exact) mass is 565 g/mol. The van der Waals surface area contributed by atoms with Gasteiger partial charge in [-0.15, -0.1) is 0 Å². The Bertz CT molecular complexity index is 1540. The molecule has 0 saturated carbocycles.